The SMILES string of the molecule is COC(=O)c1ccc(C(=O)O)cc1-c1c2ccc(=O)c(CNc3cccc4ccc(OC)nc34)c-2oc2c(CNc3cccc4ccc(CO)nc34)c(O)c(Cl)cc12. The molecule has 0 spiro atoms. The number of rotatable bonds is 11. The van der Waals surface area contributed by atoms with Crippen LogP contribution in [-0.2, 0) is 24.4 Å². The number of hydrogen-bond donors (Lipinski definition) is 5. The summed E-state index contributed by atoms with van der Waals surface area (Å²) in [4.78, 5) is 48.7. The van der Waals surface area contributed by atoms with Crippen LogP contribution in [0.1, 0.15) is 37.5 Å². The van der Waals surface area contributed by atoms with E-state index in [1.807, 2.05) is 42.5 Å². The van der Waals surface area contributed by atoms with E-state index in [-0.39, 0.29) is 75.1 Å². The van der Waals surface area contributed by atoms with Crippen LogP contribution in [0.25, 0.3) is 55.2 Å². The van der Waals surface area contributed by atoms with Gasteiger partial charge in [0.2, 0.25) is 5.88 Å². The van der Waals surface area contributed by atoms with Gasteiger partial charge in [-0.05, 0) is 66.2 Å². The van der Waals surface area contributed by atoms with Gasteiger partial charge in [-0.25, -0.2) is 19.6 Å². The molecule has 13 nitrogen and oxygen atoms in total. The highest BCUT2D eigenvalue weighted by atomic mass is 35.5. The smallest absolute Gasteiger partial charge is 0.338 e. The van der Waals surface area contributed by atoms with Gasteiger partial charge in [0.05, 0.1) is 76.2 Å². The van der Waals surface area contributed by atoms with Crippen molar-refractivity contribution in [3.63, 3.8) is 0 Å². The van der Waals surface area contributed by atoms with Crippen molar-refractivity contribution >= 4 is 67.7 Å². The molecular weight excluding hydrogens is 764 g/mol. The monoisotopic (exact) mass is 796 g/mol. The Labute approximate surface area is 334 Å². The number of methoxy groups -OCH3 is 2. The largest absolute Gasteiger partial charge is 0.506 e. The number of aromatic nitrogens is 2. The summed E-state index contributed by atoms with van der Waals surface area (Å²) in [5.74, 6) is -1.80. The molecule has 2 aliphatic rings. The number of esters is 1. The maximum absolute atomic E-state index is 13.9. The van der Waals surface area contributed by atoms with Crippen molar-refractivity contribution in [2.24, 2.45) is 0 Å². The number of carboxylic acids is 1. The van der Waals surface area contributed by atoms with Crippen LogP contribution < -0.4 is 20.8 Å². The first-order valence-corrected chi connectivity index (χ1v) is 18.3. The normalized spacial score (nSPS) is 11.3. The molecule has 6 aromatic rings. The molecule has 1 aliphatic carbocycles. The number of carbonyl (C=O) groups excluding carboxylic acids is 1. The van der Waals surface area contributed by atoms with Crippen LogP contribution in [0.5, 0.6) is 11.6 Å². The van der Waals surface area contributed by atoms with Crippen molar-refractivity contribution in [3.8, 4) is 34.1 Å². The van der Waals surface area contributed by atoms with Crippen LogP contribution in [0.4, 0.5) is 11.4 Å². The first kappa shape index (κ1) is 37.7. The van der Waals surface area contributed by atoms with E-state index in [2.05, 4.69) is 20.6 Å². The molecule has 14 heteroatoms. The molecule has 1 aliphatic heterocycles. The number of aromatic hydroxyl groups is 1. The lowest BCUT2D eigenvalue weighted by Crippen LogP contribution is -2.15. The molecule has 0 fully saturated rings. The minimum Gasteiger partial charge on any atom is -0.506 e. The first-order chi connectivity index (χ1) is 28.1. The number of hydrogen-bond acceptors (Lipinski definition) is 12. The molecule has 0 bridgehead atoms. The number of phenols is 1. The molecule has 0 radical (unpaired) electrons. The fraction of sp³-hybridized carbons (Fsp3) is 0.114. The Hall–Kier alpha value is -7.22. The van der Waals surface area contributed by atoms with E-state index in [0.717, 1.165) is 10.8 Å². The summed E-state index contributed by atoms with van der Waals surface area (Å²) >= 11 is 6.75. The predicted molar refractivity (Wildman–Crippen MR) is 220 cm³/mol. The van der Waals surface area contributed by atoms with Gasteiger partial charge in [0.1, 0.15) is 17.1 Å². The molecule has 290 valence electrons. The number of pyridine rings is 2. The highest BCUT2D eigenvalue weighted by molar-refractivity contribution is 6.33. The highest BCUT2D eigenvalue weighted by Crippen LogP contribution is 2.47. The van der Waals surface area contributed by atoms with Gasteiger partial charge in [-0.3, -0.25) is 4.79 Å². The molecule has 4 aromatic carbocycles. The summed E-state index contributed by atoms with van der Waals surface area (Å²) in [5.41, 5.74) is 3.66. The van der Waals surface area contributed by atoms with E-state index in [0.29, 0.717) is 50.5 Å². The van der Waals surface area contributed by atoms with Gasteiger partial charge in [-0.1, -0.05) is 41.9 Å². The fourth-order valence-electron chi connectivity index (χ4n) is 7.11. The van der Waals surface area contributed by atoms with Gasteiger partial charge in [0.25, 0.3) is 0 Å². The van der Waals surface area contributed by atoms with E-state index >= 15 is 0 Å². The third-order valence-electron chi connectivity index (χ3n) is 9.96. The molecule has 58 heavy (non-hydrogen) atoms. The number of aromatic carboxylic acids is 1. The Bertz CT molecular complexity index is 2980. The van der Waals surface area contributed by atoms with Gasteiger partial charge in [-0.15, -0.1) is 0 Å². The molecule has 0 amide bonds. The van der Waals surface area contributed by atoms with Gasteiger partial charge in [0.15, 0.2) is 5.43 Å². The summed E-state index contributed by atoms with van der Waals surface area (Å²) in [6.07, 6.45) is 0. The number of benzene rings is 5. The van der Waals surface area contributed by atoms with E-state index in [1.165, 1.54) is 50.6 Å². The lowest BCUT2D eigenvalue weighted by molar-refractivity contribution is 0.0599. The molecule has 0 saturated heterocycles. The Morgan fingerprint density at radius 3 is 2.17 bits per heavy atom. The van der Waals surface area contributed by atoms with Gasteiger partial charge in [-0.2, -0.15) is 0 Å². The van der Waals surface area contributed by atoms with Crippen LogP contribution in [0.2, 0.25) is 5.02 Å². The molecular formula is C44H33ClN4O9. The van der Waals surface area contributed by atoms with E-state index in [4.69, 9.17) is 25.5 Å². The lowest BCUT2D eigenvalue weighted by Gasteiger charge is -2.22. The van der Waals surface area contributed by atoms with Crippen LogP contribution in [0.15, 0.2) is 106 Å². The summed E-state index contributed by atoms with van der Waals surface area (Å²) in [6.45, 7) is -0.391. The number of phenolic OH excluding ortho intramolecular Hbond substituents is 1. The van der Waals surface area contributed by atoms with Crippen molar-refractivity contribution in [2.75, 3.05) is 24.9 Å². The van der Waals surface area contributed by atoms with Gasteiger partial charge >= 0.3 is 11.9 Å². The number of carboxylic acid groups (broad SMARTS) is 1. The van der Waals surface area contributed by atoms with Crippen LogP contribution in [-0.4, -0.2) is 51.4 Å². The Balaban J connectivity index is 1.37. The summed E-state index contributed by atoms with van der Waals surface area (Å²) in [5, 5.41) is 40.0. The Morgan fingerprint density at radius 1 is 0.810 bits per heavy atom. The van der Waals surface area contributed by atoms with E-state index < -0.39 is 11.9 Å². The van der Waals surface area contributed by atoms with Gasteiger partial charge < -0.3 is 39.8 Å². The first-order valence-electron chi connectivity index (χ1n) is 17.9. The number of halogens is 1. The minimum absolute atomic E-state index is 0.0355. The topological polar surface area (TPSA) is 193 Å². The number of aliphatic hydroxyl groups is 1. The standard InChI is InChI=1S/C44H33ClN4O9/c1-56-36-16-11-23-6-4-8-34(39(23)49-36)46-19-30-35(51)15-14-27-37(28-17-24(43(53)54)10-13-26(28)44(55)57-2)29-18-32(45)40(52)31(42(29)58-41(27)30)20-47-33-7-3-5-22-9-12-25(21-50)48-38(22)33/h3-18,46-47,50,52H,19-21H2,1-2H3,(H,53,54). The molecule has 0 saturated carbocycles. The maximum Gasteiger partial charge on any atom is 0.338 e. The summed E-state index contributed by atoms with van der Waals surface area (Å²) in [6, 6.07) is 26.6. The number of ether oxygens (including phenoxy) is 2. The number of carbonyl (C=O) groups is 2. The molecule has 0 atom stereocenters. The number of nitrogens with zero attached hydrogens (tertiary/aromatic N) is 2. The van der Waals surface area contributed by atoms with E-state index in [1.54, 1.807) is 18.2 Å². The van der Waals surface area contributed by atoms with Gasteiger partial charge in [0, 0.05) is 46.4 Å². The molecule has 2 aromatic heterocycles. The zero-order valence-electron chi connectivity index (χ0n) is 30.9. The fourth-order valence-corrected chi connectivity index (χ4v) is 7.34. The highest BCUT2D eigenvalue weighted by Gasteiger charge is 2.29. The summed E-state index contributed by atoms with van der Waals surface area (Å²) in [7, 11) is 2.73. The predicted octanol–water partition coefficient (Wildman–Crippen LogP) is 8.23. The van der Waals surface area contributed by atoms with Crippen molar-refractivity contribution in [2.45, 2.75) is 19.7 Å². The third-order valence-corrected chi connectivity index (χ3v) is 10.2. The van der Waals surface area contributed by atoms with Crippen LogP contribution >= 0.6 is 11.6 Å². The zero-order valence-corrected chi connectivity index (χ0v) is 31.7. The number of nitrogens with one attached hydrogen (secondary N) is 2. The van der Waals surface area contributed by atoms with Crippen molar-refractivity contribution in [3.05, 3.63) is 140 Å². The quantitative estimate of drug-likeness (QED) is 0.0621. The van der Waals surface area contributed by atoms with Crippen molar-refractivity contribution in [1.29, 1.82) is 0 Å². The van der Waals surface area contributed by atoms with Crippen molar-refractivity contribution in [1.82, 2.24) is 9.97 Å². The molecule has 3 heterocycles. The average molecular weight is 797 g/mol. The number of anilines is 2. The Kier molecular flexibility index (Phi) is 9.99. The van der Waals surface area contributed by atoms with E-state index in [9.17, 15) is 29.7 Å². The third kappa shape index (κ3) is 6.71. The minimum atomic E-state index is -1.24. The second kappa shape index (κ2) is 15.4. The van der Waals surface area contributed by atoms with Crippen LogP contribution in [0, 0.1) is 0 Å². The van der Waals surface area contributed by atoms with Crippen LogP contribution in [0.3, 0.4) is 0 Å². The second-order valence-electron chi connectivity index (χ2n) is 13.3. The van der Waals surface area contributed by atoms with Crippen molar-refractivity contribution < 1.29 is 38.8 Å². The number of fused-ring (bicyclic) bond motifs is 4. The molecule has 8 rings (SSSR count). The average Bonchev–Trinajstić information content (AvgIpc) is 3.24. The molecule has 0 unspecified atom stereocenters. The Morgan fingerprint density at radius 2 is 1.50 bits per heavy atom. The lowest BCUT2D eigenvalue weighted by atomic mass is 9.87. The molecule has 5 N–H and O–H groups in total. The number of para-hydroxylation sites is 2. The summed E-state index contributed by atoms with van der Waals surface area (Å²) < 4.78 is 17.2. The maximum atomic E-state index is 13.9. The zero-order chi connectivity index (χ0) is 40.7. The second-order valence-corrected chi connectivity index (χ2v) is 13.7. The number of aliphatic hydroxyl groups excluding tert-OH is 1.